The normalized spacial score (nSPS) is 11.0. The van der Waals surface area contributed by atoms with Gasteiger partial charge in [-0.15, -0.1) is 0 Å². The van der Waals surface area contributed by atoms with E-state index in [-0.39, 0.29) is 0 Å². The topological polar surface area (TPSA) is 78.5 Å². The molecule has 2 heterocycles. The minimum absolute atomic E-state index is 0.312. The summed E-state index contributed by atoms with van der Waals surface area (Å²) in [5, 5.41) is 5.27. The molecule has 0 saturated carbocycles. The molecule has 0 radical (unpaired) electrons. The summed E-state index contributed by atoms with van der Waals surface area (Å²) in [5.74, 6) is 0.642. The summed E-state index contributed by atoms with van der Waals surface area (Å²) >= 11 is 0. The zero-order valence-corrected chi connectivity index (χ0v) is 8.46. The highest BCUT2D eigenvalue weighted by molar-refractivity contribution is 5.83. The van der Waals surface area contributed by atoms with Crippen molar-refractivity contribution in [2.45, 2.75) is 6.43 Å². The first-order valence-corrected chi connectivity index (χ1v) is 4.61. The van der Waals surface area contributed by atoms with Crippen molar-refractivity contribution in [3.8, 4) is 0 Å². The van der Waals surface area contributed by atoms with E-state index in [0.29, 0.717) is 22.9 Å². The van der Waals surface area contributed by atoms with Crippen LogP contribution in [0.2, 0.25) is 0 Å². The van der Waals surface area contributed by atoms with E-state index in [0.717, 1.165) is 0 Å². The number of hydrogen-bond acceptors (Lipinski definition) is 5. The fraction of sp³-hybridized carbons (Fsp3) is 0.375. The second kappa shape index (κ2) is 4.25. The number of rotatable bonds is 4. The van der Waals surface area contributed by atoms with Crippen molar-refractivity contribution in [2.75, 3.05) is 24.2 Å². The van der Waals surface area contributed by atoms with Crippen molar-refractivity contribution >= 4 is 22.9 Å². The predicted molar refractivity (Wildman–Crippen MR) is 55.7 cm³/mol. The summed E-state index contributed by atoms with van der Waals surface area (Å²) in [6.45, 7) is -0.464. The Morgan fingerprint density at radius 2 is 2.25 bits per heavy atom. The molecule has 0 unspecified atom stereocenters. The van der Waals surface area contributed by atoms with Gasteiger partial charge in [0, 0.05) is 7.05 Å². The lowest BCUT2D eigenvalue weighted by atomic mass is 10.4. The van der Waals surface area contributed by atoms with Gasteiger partial charge in [-0.2, -0.15) is 9.97 Å². The SMILES string of the molecule is CNc1nc(NCC(F)F)c2[nH]cnc2n1. The van der Waals surface area contributed by atoms with Crippen molar-refractivity contribution < 1.29 is 8.78 Å². The molecule has 0 aliphatic heterocycles. The van der Waals surface area contributed by atoms with Gasteiger partial charge in [-0.1, -0.05) is 0 Å². The zero-order valence-electron chi connectivity index (χ0n) is 8.46. The number of hydrogen-bond donors (Lipinski definition) is 3. The van der Waals surface area contributed by atoms with Gasteiger partial charge in [0.2, 0.25) is 5.95 Å². The maximum atomic E-state index is 12.1. The van der Waals surface area contributed by atoms with Gasteiger partial charge in [-0.3, -0.25) is 0 Å². The van der Waals surface area contributed by atoms with Gasteiger partial charge in [0.25, 0.3) is 6.43 Å². The molecule has 0 atom stereocenters. The Bertz CT molecular complexity index is 482. The number of aromatic nitrogens is 4. The minimum atomic E-state index is -2.44. The van der Waals surface area contributed by atoms with Crippen LogP contribution in [0.1, 0.15) is 0 Å². The van der Waals surface area contributed by atoms with Crippen molar-refractivity contribution in [3.05, 3.63) is 6.33 Å². The van der Waals surface area contributed by atoms with Crippen LogP contribution in [0.25, 0.3) is 11.2 Å². The standard InChI is InChI=1S/C8H10F2N6/c1-11-8-15-6(12-2-4(9)10)5-7(16-8)14-3-13-5/h3-4H,2H2,1H3,(H3,11,12,13,14,15,16). The number of imidazole rings is 1. The summed E-state index contributed by atoms with van der Waals surface area (Å²) in [5.41, 5.74) is 0.941. The van der Waals surface area contributed by atoms with E-state index in [1.165, 1.54) is 6.33 Å². The Hall–Kier alpha value is -1.99. The molecule has 16 heavy (non-hydrogen) atoms. The average molecular weight is 228 g/mol. The number of alkyl halides is 2. The van der Waals surface area contributed by atoms with Crippen molar-refractivity contribution in [1.82, 2.24) is 19.9 Å². The second-order valence-electron chi connectivity index (χ2n) is 3.02. The largest absolute Gasteiger partial charge is 0.362 e. The van der Waals surface area contributed by atoms with Crippen molar-refractivity contribution in [2.24, 2.45) is 0 Å². The summed E-state index contributed by atoms with van der Waals surface area (Å²) < 4.78 is 24.2. The summed E-state index contributed by atoms with van der Waals surface area (Å²) in [6, 6.07) is 0. The molecule has 0 aliphatic carbocycles. The first-order chi connectivity index (χ1) is 7.70. The van der Waals surface area contributed by atoms with Crippen molar-refractivity contribution in [3.63, 3.8) is 0 Å². The third kappa shape index (κ3) is 2.00. The quantitative estimate of drug-likeness (QED) is 0.729. The molecule has 8 heteroatoms. The van der Waals surface area contributed by atoms with Crippen LogP contribution >= 0.6 is 0 Å². The molecule has 0 spiro atoms. The molecule has 6 nitrogen and oxygen atoms in total. The van der Waals surface area contributed by atoms with Crippen LogP contribution in [-0.2, 0) is 0 Å². The van der Waals surface area contributed by atoms with Crippen LogP contribution in [0.4, 0.5) is 20.5 Å². The van der Waals surface area contributed by atoms with Gasteiger partial charge >= 0.3 is 0 Å². The number of H-pyrrole nitrogens is 1. The lowest BCUT2D eigenvalue weighted by Gasteiger charge is -2.07. The molecular weight excluding hydrogens is 218 g/mol. The number of fused-ring (bicyclic) bond motifs is 1. The van der Waals surface area contributed by atoms with Crippen LogP contribution < -0.4 is 10.6 Å². The Kier molecular flexibility index (Phi) is 2.80. The first-order valence-electron chi connectivity index (χ1n) is 4.61. The molecular formula is C8H10F2N6. The molecule has 0 amide bonds. The Morgan fingerprint density at radius 1 is 1.44 bits per heavy atom. The van der Waals surface area contributed by atoms with E-state index in [2.05, 4.69) is 30.6 Å². The first kappa shape index (κ1) is 10.5. The highest BCUT2D eigenvalue weighted by Gasteiger charge is 2.10. The summed E-state index contributed by atoms with van der Waals surface area (Å²) in [6.07, 6.45) is -1.00. The van der Waals surface area contributed by atoms with Gasteiger partial charge in [0.15, 0.2) is 11.5 Å². The number of aromatic amines is 1. The van der Waals surface area contributed by atoms with Gasteiger partial charge in [-0.25, -0.2) is 13.8 Å². The number of nitrogens with one attached hydrogen (secondary N) is 3. The lowest BCUT2D eigenvalue weighted by Crippen LogP contribution is -2.12. The smallest absolute Gasteiger partial charge is 0.255 e. The Labute approximate surface area is 89.5 Å². The van der Waals surface area contributed by atoms with E-state index < -0.39 is 13.0 Å². The third-order valence-corrected chi connectivity index (χ3v) is 1.93. The minimum Gasteiger partial charge on any atom is -0.362 e. The number of anilines is 2. The maximum Gasteiger partial charge on any atom is 0.255 e. The van der Waals surface area contributed by atoms with Crippen LogP contribution in [0, 0.1) is 0 Å². The Balaban J connectivity index is 2.36. The number of halogens is 2. The molecule has 0 fully saturated rings. The molecule has 3 N–H and O–H groups in total. The summed E-state index contributed by atoms with van der Waals surface area (Å²) in [7, 11) is 1.64. The second-order valence-corrected chi connectivity index (χ2v) is 3.02. The molecule has 2 rings (SSSR count). The molecule has 2 aromatic heterocycles. The van der Waals surface area contributed by atoms with E-state index in [1.807, 2.05) is 0 Å². The van der Waals surface area contributed by atoms with Crippen LogP contribution in [-0.4, -0.2) is 40.0 Å². The molecule has 0 aliphatic rings. The van der Waals surface area contributed by atoms with E-state index >= 15 is 0 Å². The highest BCUT2D eigenvalue weighted by atomic mass is 19.3. The predicted octanol–water partition coefficient (Wildman–Crippen LogP) is 1.07. The lowest BCUT2D eigenvalue weighted by molar-refractivity contribution is 0.163. The van der Waals surface area contributed by atoms with Crippen LogP contribution in [0.3, 0.4) is 0 Å². The van der Waals surface area contributed by atoms with Crippen LogP contribution in [0.15, 0.2) is 6.33 Å². The fourth-order valence-electron chi connectivity index (χ4n) is 1.25. The van der Waals surface area contributed by atoms with Gasteiger partial charge in [0.05, 0.1) is 12.9 Å². The molecule has 0 aromatic carbocycles. The van der Waals surface area contributed by atoms with E-state index in [9.17, 15) is 8.78 Å². The molecule has 2 aromatic rings. The third-order valence-electron chi connectivity index (χ3n) is 1.93. The monoisotopic (exact) mass is 228 g/mol. The number of nitrogens with zero attached hydrogens (tertiary/aromatic N) is 3. The summed E-state index contributed by atoms with van der Waals surface area (Å²) in [4.78, 5) is 14.8. The van der Waals surface area contributed by atoms with Crippen LogP contribution in [0.5, 0.6) is 0 Å². The molecule has 0 saturated heterocycles. The maximum absolute atomic E-state index is 12.1. The Morgan fingerprint density at radius 3 is 2.94 bits per heavy atom. The fourth-order valence-corrected chi connectivity index (χ4v) is 1.25. The average Bonchev–Trinajstić information content (AvgIpc) is 2.73. The molecule has 0 bridgehead atoms. The van der Waals surface area contributed by atoms with E-state index in [1.54, 1.807) is 7.05 Å². The molecule has 86 valence electrons. The van der Waals surface area contributed by atoms with Gasteiger partial charge in [-0.05, 0) is 0 Å². The van der Waals surface area contributed by atoms with Gasteiger partial charge in [0.1, 0.15) is 5.52 Å². The van der Waals surface area contributed by atoms with Gasteiger partial charge < -0.3 is 15.6 Å². The zero-order chi connectivity index (χ0) is 11.5. The highest BCUT2D eigenvalue weighted by Crippen LogP contribution is 2.18. The van der Waals surface area contributed by atoms with E-state index in [4.69, 9.17) is 0 Å². The van der Waals surface area contributed by atoms with Crippen molar-refractivity contribution in [1.29, 1.82) is 0 Å².